The van der Waals surface area contributed by atoms with Crippen LogP contribution in [0.4, 0.5) is 13.2 Å². The minimum Gasteiger partial charge on any atom is -0.477 e. The molecule has 90 valence electrons. The lowest BCUT2D eigenvalue weighted by atomic mass is 10.1. The van der Waals surface area contributed by atoms with E-state index in [1.807, 2.05) is 0 Å². The quantitative estimate of drug-likeness (QED) is 0.870. The van der Waals surface area contributed by atoms with Gasteiger partial charge in [0.05, 0.1) is 13.0 Å². The van der Waals surface area contributed by atoms with Gasteiger partial charge in [-0.3, -0.25) is 0 Å². The fraction of sp³-hybridized carbons (Fsp3) is 0.500. The van der Waals surface area contributed by atoms with Crippen LogP contribution in [0.5, 0.6) is 5.88 Å². The van der Waals surface area contributed by atoms with E-state index in [9.17, 15) is 13.2 Å². The van der Waals surface area contributed by atoms with Gasteiger partial charge in [0.25, 0.3) is 0 Å². The molecule has 6 heteroatoms. The van der Waals surface area contributed by atoms with E-state index < -0.39 is 19.2 Å². The number of nitrogens with zero attached hydrogens (tertiary/aromatic N) is 1. The van der Waals surface area contributed by atoms with E-state index in [-0.39, 0.29) is 11.9 Å². The number of nitrogens with two attached hydrogens (primary N) is 1. The lowest BCUT2D eigenvalue weighted by molar-refractivity contribution is -0.139. The summed E-state index contributed by atoms with van der Waals surface area (Å²) in [6.07, 6.45) is -3.74. The first-order valence-corrected chi connectivity index (χ1v) is 4.79. The van der Waals surface area contributed by atoms with Crippen molar-refractivity contribution < 1.29 is 17.9 Å². The summed E-state index contributed by atoms with van der Waals surface area (Å²) in [7, 11) is 0. The van der Waals surface area contributed by atoms with Crippen LogP contribution in [-0.4, -0.2) is 17.8 Å². The van der Waals surface area contributed by atoms with Gasteiger partial charge in [-0.25, -0.2) is 4.98 Å². The molecule has 0 radical (unpaired) electrons. The third-order valence-corrected chi connectivity index (χ3v) is 1.92. The molecule has 0 aromatic carbocycles. The van der Waals surface area contributed by atoms with Gasteiger partial charge in [0.1, 0.15) is 0 Å². The Hall–Kier alpha value is -1.30. The topological polar surface area (TPSA) is 48.1 Å². The Morgan fingerprint density at radius 2 is 2.19 bits per heavy atom. The zero-order valence-electron chi connectivity index (χ0n) is 8.79. The van der Waals surface area contributed by atoms with Crippen molar-refractivity contribution in [2.24, 2.45) is 5.73 Å². The molecule has 1 aromatic rings. The van der Waals surface area contributed by atoms with Gasteiger partial charge in [-0.2, -0.15) is 13.2 Å². The molecular formula is C10H13F3N2O. The van der Waals surface area contributed by atoms with Crippen molar-refractivity contribution in [2.75, 3.05) is 6.61 Å². The third kappa shape index (κ3) is 4.48. The molecule has 0 fully saturated rings. The van der Waals surface area contributed by atoms with Crippen molar-refractivity contribution >= 4 is 0 Å². The van der Waals surface area contributed by atoms with E-state index >= 15 is 0 Å². The molecule has 0 bridgehead atoms. The summed E-state index contributed by atoms with van der Waals surface area (Å²) in [6.45, 7) is 1.34. The number of halogens is 3. The van der Waals surface area contributed by atoms with Gasteiger partial charge >= 0.3 is 6.18 Å². The standard InChI is InChI=1S/C10H13F3N2O/c1-7(14)8-2-4-15-9(6-8)16-5-3-10(11,12)13/h2,4,6-7H,3,5,14H2,1H3/t7-/m0/s1. The van der Waals surface area contributed by atoms with Gasteiger partial charge < -0.3 is 10.5 Å². The average molecular weight is 234 g/mol. The normalized spacial score (nSPS) is 13.6. The maximum Gasteiger partial charge on any atom is 0.392 e. The Bertz CT molecular complexity index is 339. The Morgan fingerprint density at radius 1 is 1.50 bits per heavy atom. The number of hydrogen-bond acceptors (Lipinski definition) is 3. The molecule has 0 spiro atoms. The molecule has 2 N–H and O–H groups in total. The van der Waals surface area contributed by atoms with Crippen molar-refractivity contribution in [2.45, 2.75) is 25.6 Å². The highest BCUT2D eigenvalue weighted by atomic mass is 19.4. The van der Waals surface area contributed by atoms with Crippen LogP contribution >= 0.6 is 0 Å². The maximum atomic E-state index is 11.8. The van der Waals surface area contributed by atoms with Crippen molar-refractivity contribution in [3.8, 4) is 5.88 Å². The highest BCUT2D eigenvalue weighted by Crippen LogP contribution is 2.20. The molecule has 16 heavy (non-hydrogen) atoms. The molecule has 0 aliphatic carbocycles. The largest absolute Gasteiger partial charge is 0.477 e. The molecule has 0 amide bonds. The van der Waals surface area contributed by atoms with Gasteiger partial charge in [0.2, 0.25) is 5.88 Å². The average Bonchev–Trinajstić information content (AvgIpc) is 2.16. The molecule has 1 aromatic heterocycles. The second-order valence-electron chi connectivity index (χ2n) is 3.43. The van der Waals surface area contributed by atoms with Gasteiger partial charge in [-0.15, -0.1) is 0 Å². The number of hydrogen-bond donors (Lipinski definition) is 1. The van der Waals surface area contributed by atoms with Crippen molar-refractivity contribution in [3.05, 3.63) is 23.9 Å². The zero-order chi connectivity index (χ0) is 12.2. The number of ether oxygens (including phenoxy) is 1. The number of rotatable bonds is 4. The number of aromatic nitrogens is 1. The summed E-state index contributed by atoms with van der Waals surface area (Å²) in [5.74, 6) is 0.166. The van der Waals surface area contributed by atoms with Gasteiger partial charge in [0.15, 0.2) is 0 Å². The van der Waals surface area contributed by atoms with E-state index in [0.29, 0.717) is 0 Å². The summed E-state index contributed by atoms with van der Waals surface area (Å²) in [4.78, 5) is 3.80. The first-order chi connectivity index (χ1) is 7.38. The summed E-state index contributed by atoms with van der Waals surface area (Å²) in [5.41, 5.74) is 6.39. The third-order valence-electron chi connectivity index (χ3n) is 1.92. The van der Waals surface area contributed by atoms with Crippen LogP contribution in [0.3, 0.4) is 0 Å². The minimum absolute atomic E-state index is 0.166. The van der Waals surface area contributed by atoms with E-state index in [0.717, 1.165) is 5.56 Å². The summed E-state index contributed by atoms with van der Waals surface area (Å²) in [5, 5.41) is 0. The molecular weight excluding hydrogens is 221 g/mol. The van der Waals surface area contributed by atoms with Crippen molar-refractivity contribution in [1.82, 2.24) is 4.98 Å². The smallest absolute Gasteiger partial charge is 0.392 e. The molecule has 0 saturated heterocycles. The van der Waals surface area contributed by atoms with Crippen molar-refractivity contribution in [3.63, 3.8) is 0 Å². The van der Waals surface area contributed by atoms with Crippen LogP contribution in [0.15, 0.2) is 18.3 Å². The molecule has 1 heterocycles. The molecule has 0 saturated carbocycles. The Kier molecular flexibility index (Phi) is 4.12. The van der Waals surface area contributed by atoms with Crippen LogP contribution in [0, 0.1) is 0 Å². The molecule has 3 nitrogen and oxygen atoms in total. The predicted octanol–water partition coefficient (Wildman–Crippen LogP) is 2.43. The van der Waals surface area contributed by atoms with Crippen LogP contribution in [-0.2, 0) is 0 Å². The zero-order valence-corrected chi connectivity index (χ0v) is 8.79. The first-order valence-electron chi connectivity index (χ1n) is 4.79. The molecule has 1 rings (SSSR count). The highest BCUT2D eigenvalue weighted by Gasteiger charge is 2.26. The van der Waals surface area contributed by atoms with Gasteiger partial charge in [-0.05, 0) is 18.6 Å². The molecule has 0 unspecified atom stereocenters. The van der Waals surface area contributed by atoms with Crippen LogP contribution in [0.1, 0.15) is 24.9 Å². The highest BCUT2D eigenvalue weighted by molar-refractivity contribution is 5.22. The first kappa shape index (κ1) is 12.8. The predicted molar refractivity (Wildman–Crippen MR) is 53.0 cm³/mol. The SMILES string of the molecule is C[C@H](N)c1ccnc(OCCC(F)(F)F)c1. The van der Waals surface area contributed by atoms with Gasteiger partial charge in [0, 0.05) is 18.3 Å². The number of pyridine rings is 1. The van der Waals surface area contributed by atoms with Crippen molar-refractivity contribution in [1.29, 1.82) is 0 Å². The van der Waals surface area contributed by atoms with E-state index in [4.69, 9.17) is 10.5 Å². The Morgan fingerprint density at radius 3 is 2.75 bits per heavy atom. The second kappa shape index (κ2) is 5.16. The summed E-state index contributed by atoms with van der Waals surface area (Å²) < 4.78 is 40.4. The lowest BCUT2D eigenvalue weighted by Crippen LogP contribution is -2.13. The second-order valence-corrected chi connectivity index (χ2v) is 3.43. The Labute approximate surface area is 91.4 Å². The van der Waals surface area contributed by atoms with Crippen LogP contribution in [0.25, 0.3) is 0 Å². The molecule has 0 aliphatic rings. The lowest BCUT2D eigenvalue weighted by Gasteiger charge is -2.10. The van der Waals surface area contributed by atoms with E-state index in [2.05, 4.69) is 4.98 Å². The fourth-order valence-corrected chi connectivity index (χ4v) is 1.06. The van der Waals surface area contributed by atoms with E-state index in [1.165, 1.54) is 6.20 Å². The monoisotopic (exact) mass is 234 g/mol. The minimum atomic E-state index is -4.21. The molecule has 1 atom stereocenters. The fourth-order valence-electron chi connectivity index (χ4n) is 1.06. The summed E-state index contributed by atoms with van der Waals surface area (Å²) in [6, 6.07) is 3.04. The van der Waals surface area contributed by atoms with Crippen LogP contribution in [0.2, 0.25) is 0 Å². The molecule has 0 aliphatic heterocycles. The van der Waals surface area contributed by atoms with Gasteiger partial charge in [-0.1, -0.05) is 0 Å². The summed E-state index contributed by atoms with van der Waals surface area (Å²) >= 11 is 0. The van der Waals surface area contributed by atoms with E-state index in [1.54, 1.807) is 19.1 Å². The maximum absolute atomic E-state index is 11.8. The number of alkyl halides is 3. The van der Waals surface area contributed by atoms with Crippen LogP contribution < -0.4 is 10.5 Å². The Balaban J connectivity index is 2.51.